The number of aromatic nitrogens is 1. The second kappa shape index (κ2) is 6.04. The van der Waals surface area contributed by atoms with Crippen molar-refractivity contribution in [1.82, 2.24) is 4.98 Å². The number of aliphatic hydroxyl groups excluding tert-OH is 1. The van der Waals surface area contributed by atoms with Gasteiger partial charge in [-0.3, -0.25) is 4.98 Å². The molecule has 2 rings (SSSR count). The van der Waals surface area contributed by atoms with Crippen molar-refractivity contribution in [3.05, 3.63) is 47.8 Å². The third kappa shape index (κ3) is 3.25. The van der Waals surface area contributed by atoms with Crippen LogP contribution in [-0.2, 0) is 0 Å². The molecule has 1 atom stereocenters. The molecule has 1 aromatic heterocycles. The van der Waals surface area contributed by atoms with Crippen molar-refractivity contribution in [2.45, 2.75) is 13.0 Å². The topological polar surface area (TPSA) is 75.4 Å². The third-order valence-corrected chi connectivity index (χ3v) is 2.67. The van der Waals surface area contributed by atoms with E-state index in [0.29, 0.717) is 28.5 Å². The number of benzene rings is 1. The van der Waals surface area contributed by atoms with Gasteiger partial charge >= 0.3 is 0 Å². The van der Waals surface area contributed by atoms with E-state index in [9.17, 15) is 5.11 Å². The molecule has 0 amide bonds. The summed E-state index contributed by atoms with van der Waals surface area (Å²) in [6, 6.07) is 10.4. The predicted octanol–water partition coefficient (Wildman–Crippen LogP) is 2.81. The number of nitrogens with zero attached hydrogens (tertiary/aromatic N) is 2. The SMILES string of the molecule is COc1cc(C#N)cc(Oc2ccc(C(C)O)nc2)c1. The highest BCUT2D eigenvalue weighted by atomic mass is 16.5. The lowest BCUT2D eigenvalue weighted by atomic mass is 10.2. The Balaban J connectivity index is 2.23. The Morgan fingerprint density at radius 3 is 2.50 bits per heavy atom. The molecule has 0 aliphatic rings. The summed E-state index contributed by atoms with van der Waals surface area (Å²) in [5.41, 5.74) is 1.02. The number of hydrogen-bond acceptors (Lipinski definition) is 5. The molecule has 0 fully saturated rings. The maximum atomic E-state index is 9.39. The quantitative estimate of drug-likeness (QED) is 0.924. The minimum atomic E-state index is -0.619. The molecular formula is C15H14N2O3. The van der Waals surface area contributed by atoms with Crippen LogP contribution in [0, 0.1) is 11.3 Å². The molecule has 5 heteroatoms. The highest BCUT2D eigenvalue weighted by Crippen LogP contribution is 2.27. The largest absolute Gasteiger partial charge is 0.497 e. The summed E-state index contributed by atoms with van der Waals surface area (Å²) >= 11 is 0. The fourth-order valence-electron chi connectivity index (χ4n) is 1.65. The van der Waals surface area contributed by atoms with Crippen LogP contribution in [0.1, 0.15) is 24.3 Å². The van der Waals surface area contributed by atoms with E-state index in [-0.39, 0.29) is 0 Å². The van der Waals surface area contributed by atoms with Crippen LogP contribution in [0.25, 0.3) is 0 Å². The molecule has 102 valence electrons. The van der Waals surface area contributed by atoms with Gasteiger partial charge in [0.2, 0.25) is 0 Å². The molecule has 0 saturated heterocycles. The van der Waals surface area contributed by atoms with Crippen LogP contribution >= 0.6 is 0 Å². The predicted molar refractivity (Wildman–Crippen MR) is 72.7 cm³/mol. The molecule has 2 aromatic rings. The Morgan fingerprint density at radius 2 is 1.95 bits per heavy atom. The minimum Gasteiger partial charge on any atom is -0.497 e. The van der Waals surface area contributed by atoms with Crippen LogP contribution in [-0.4, -0.2) is 17.2 Å². The second-order valence-corrected chi connectivity index (χ2v) is 4.21. The highest BCUT2D eigenvalue weighted by molar-refractivity contribution is 5.45. The van der Waals surface area contributed by atoms with E-state index in [0.717, 1.165) is 0 Å². The number of hydrogen-bond donors (Lipinski definition) is 1. The van der Waals surface area contributed by atoms with Crippen LogP contribution in [0.4, 0.5) is 0 Å². The standard InChI is InChI=1S/C15H14N2O3/c1-10(18)15-4-3-12(9-17-15)20-14-6-11(8-16)5-13(7-14)19-2/h3-7,9-10,18H,1-2H3. The molecule has 1 N–H and O–H groups in total. The van der Waals surface area contributed by atoms with Gasteiger partial charge in [0.05, 0.1) is 36.7 Å². The molecule has 1 unspecified atom stereocenters. The number of nitriles is 1. The van der Waals surface area contributed by atoms with Gasteiger partial charge in [-0.05, 0) is 31.2 Å². The summed E-state index contributed by atoms with van der Waals surface area (Å²) in [5.74, 6) is 1.56. The first-order valence-corrected chi connectivity index (χ1v) is 6.03. The van der Waals surface area contributed by atoms with Crippen molar-refractivity contribution in [1.29, 1.82) is 5.26 Å². The van der Waals surface area contributed by atoms with E-state index in [4.69, 9.17) is 14.7 Å². The first kappa shape index (κ1) is 13.8. The first-order chi connectivity index (χ1) is 9.62. The van der Waals surface area contributed by atoms with Crippen molar-refractivity contribution in [2.24, 2.45) is 0 Å². The van der Waals surface area contributed by atoms with Gasteiger partial charge < -0.3 is 14.6 Å². The minimum absolute atomic E-state index is 0.452. The van der Waals surface area contributed by atoms with Crippen molar-refractivity contribution in [3.63, 3.8) is 0 Å². The average molecular weight is 270 g/mol. The lowest BCUT2D eigenvalue weighted by molar-refractivity contribution is 0.194. The normalized spacial score (nSPS) is 11.5. The summed E-state index contributed by atoms with van der Waals surface area (Å²) in [6.07, 6.45) is 0.902. The van der Waals surface area contributed by atoms with E-state index in [1.165, 1.54) is 13.3 Å². The summed E-state index contributed by atoms with van der Waals surface area (Å²) in [7, 11) is 1.53. The van der Waals surface area contributed by atoms with Crippen LogP contribution in [0.3, 0.4) is 0 Å². The van der Waals surface area contributed by atoms with Gasteiger partial charge in [-0.2, -0.15) is 5.26 Å². The van der Waals surface area contributed by atoms with Crippen molar-refractivity contribution >= 4 is 0 Å². The molecule has 0 spiro atoms. The molecule has 0 radical (unpaired) electrons. The number of rotatable bonds is 4. The van der Waals surface area contributed by atoms with Crippen molar-refractivity contribution in [3.8, 4) is 23.3 Å². The van der Waals surface area contributed by atoms with E-state index in [1.807, 2.05) is 6.07 Å². The Morgan fingerprint density at radius 1 is 1.20 bits per heavy atom. The number of ether oxygens (including phenoxy) is 2. The lowest BCUT2D eigenvalue weighted by Gasteiger charge is -2.09. The zero-order chi connectivity index (χ0) is 14.5. The van der Waals surface area contributed by atoms with E-state index in [2.05, 4.69) is 4.98 Å². The van der Waals surface area contributed by atoms with Gasteiger partial charge in [0.1, 0.15) is 17.2 Å². The Bertz CT molecular complexity index is 631. The second-order valence-electron chi connectivity index (χ2n) is 4.21. The van der Waals surface area contributed by atoms with Crippen LogP contribution in [0.2, 0.25) is 0 Å². The number of aliphatic hydroxyl groups is 1. The average Bonchev–Trinajstić information content (AvgIpc) is 2.47. The van der Waals surface area contributed by atoms with E-state index >= 15 is 0 Å². The molecule has 1 heterocycles. The monoisotopic (exact) mass is 270 g/mol. The summed E-state index contributed by atoms with van der Waals surface area (Å²) in [6.45, 7) is 1.64. The summed E-state index contributed by atoms with van der Waals surface area (Å²) in [5, 5.41) is 18.3. The highest BCUT2D eigenvalue weighted by Gasteiger charge is 2.06. The smallest absolute Gasteiger partial charge is 0.145 e. The van der Waals surface area contributed by atoms with Crippen LogP contribution in [0.5, 0.6) is 17.2 Å². The fourth-order valence-corrected chi connectivity index (χ4v) is 1.65. The zero-order valence-electron chi connectivity index (χ0n) is 11.2. The Labute approximate surface area is 117 Å². The van der Waals surface area contributed by atoms with Gasteiger partial charge in [0, 0.05) is 6.07 Å². The van der Waals surface area contributed by atoms with Gasteiger partial charge in [0.25, 0.3) is 0 Å². The summed E-state index contributed by atoms with van der Waals surface area (Å²) < 4.78 is 10.7. The molecule has 0 bridgehead atoms. The van der Waals surface area contributed by atoms with Gasteiger partial charge in [-0.15, -0.1) is 0 Å². The van der Waals surface area contributed by atoms with E-state index in [1.54, 1.807) is 37.3 Å². The molecule has 5 nitrogen and oxygen atoms in total. The van der Waals surface area contributed by atoms with Crippen LogP contribution < -0.4 is 9.47 Å². The lowest BCUT2D eigenvalue weighted by Crippen LogP contribution is -1.95. The van der Waals surface area contributed by atoms with Gasteiger partial charge in [-0.1, -0.05) is 0 Å². The molecule has 0 aliphatic heterocycles. The van der Waals surface area contributed by atoms with Crippen molar-refractivity contribution in [2.75, 3.05) is 7.11 Å². The van der Waals surface area contributed by atoms with E-state index < -0.39 is 6.10 Å². The van der Waals surface area contributed by atoms with Gasteiger partial charge in [0.15, 0.2) is 0 Å². The summed E-state index contributed by atoms with van der Waals surface area (Å²) in [4.78, 5) is 4.09. The molecule has 0 aliphatic carbocycles. The third-order valence-electron chi connectivity index (χ3n) is 2.67. The molecule has 1 aromatic carbocycles. The van der Waals surface area contributed by atoms with Crippen molar-refractivity contribution < 1.29 is 14.6 Å². The number of pyridine rings is 1. The Kier molecular flexibility index (Phi) is 4.18. The molecule has 20 heavy (non-hydrogen) atoms. The zero-order valence-corrected chi connectivity index (χ0v) is 11.2. The fraction of sp³-hybridized carbons (Fsp3) is 0.200. The maximum absolute atomic E-state index is 9.39. The maximum Gasteiger partial charge on any atom is 0.145 e. The molecular weight excluding hydrogens is 256 g/mol. The molecule has 0 saturated carbocycles. The first-order valence-electron chi connectivity index (χ1n) is 6.03. The Hall–Kier alpha value is -2.58. The van der Waals surface area contributed by atoms with Gasteiger partial charge in [-0.25, -0.2) is 0 Å². The number of methoxy groups -OCH3 is 1. The van der Waals surface area contributed by atoms with Crippen LogP contribution in [0.15, 0.2) is 36.5 Å².